The van der Waals surface area contributed by atoms with Crippen LogP contribution >= 0.6 is 7.82 Å². The normalized spacial score (nSPS) is 12.9. The first-order chi connectivity index (χ1) is 25.3. The molecule has 0 bridgehead atoms. The Morgan fingerprint density at radius 1 is 0.500 bits per heavy atom. The first-order valence-electron chi connectivity index (χ1n) is 20.9. The molecule has 1 atom stereocenters. The number of unbranched alkanes of at least 4 members (excludes halogenated alkanes) is 20. The van der Waals surface area contributed by atoms with E-state index in [2.05, 4.69) is 67.0 Å². The molecule has 8 nitrogen and oxygen atoms in total. The summed E-state index contributed by atoms with van der Waals surface area (Å²) in [5, 5.41) is 0. The largest absolute Gasteiger partial charge is 0.469 e. The highest BCUT2D eigenvalue weighted by atomic mass is 31.2. The molecule has 0 aliphatic carbocycles. The van der Waals surface area contributed by atoms with Crippen molar-refractivity contribution in [1.29, 1.82) is 0 Å². The number of allylic oxidation sites excluding steroid dienone is 8. The summed E-state index contributed by atoms with van der Waals surface area (Å²) < 4.78 is 26.4. The van der Waals surface area contributed by atoms with Crippen LogP contribution in [-0.4, -0.2) is 41.0 Å². The van der Waals surface area contributed by atoms with Crippen LogP contribution in [0.25, 0.3) is 0 Å². The minimum Gasteiger partial charge on any atom is -0.462 e. The molecule has 0 fully saturated rings. The number of hydrogen-bond acceptors (Lipinski definition) is 6. The van der Waals surface area contributed by atoms with Crippen molar-refractivity contribution in [3.63, 3.8) is 0 Å². The number of ether oxygens (including phenoxy) is 2. The van der Waals surface area contributed by atoms with Gasteiger partial charge in [-0.25, -0.2) is 4.57 Å². The zero-order valence-corrected chi connectivity index (χ0v) is 34.1. The molecule has 0 aliphatic heterocycles. The van der Waals surface area contributed by atoms with Crippen LogP contribution in [0.5, 0.6) is 0 Å². The first kappa shape index (κ1) is 50.0. The van der Waals surface area contributed by atoms with E-state index >= 15 is 0 Å². The molecule has 0 aromatic carbocycles. The third-order valence-electron chi connectivity index (χ3n) is 8.82. The molecule has 0 spiro atoms. The van der Waals surface area contributed by atoms with Crippen molar-refractivity contribution < 1.29 is 37.9 Å². The molecule has 9 heteroatoms. The molecule has 0 aromatic heterocycles. The number of carbonyl (C=O) groups excluding carboxylic acids is 2. The lowest BCUT2D eigenvalue weighted by molar-refractivity contribution is -0.161. The molecule has 0 unspecified atom stereocenters. The second-order valence-electron chi connectivity index (χ2n) is 14.0. The van der Waals surface area contributed by atoms with Gasteiger partial charge in [0.05, 0.1) is 6.61 Å². The van der Waals surface area contributed by atoms with E-state index in [-0.39, 0.29) is 19.4 Å². The molecule has 2 N–H and O–H groups in total. The minimum atomic E-state index is -4.76. The Hall–Kier alpha value is -1.99. The maximum atomic E-state index is 12.4. The van der Waals surface area contributed by atoms with Crippen LogP contribution in [0.2, 0.25) is 0 Å². The Kier molecular flexibility index (Phi) is 37.2. The van der Waals surface area contributed by atoms with Gasteiger partial charge in [0.25, 0.3) is 0 Å². The summed E-state index contributed by atoms with van der Waals surface area (Å²) in [7, 11) is -4.76. The first-order valence-corrected chi connectivity index (χ1v) is 22.5. The summed E-state index contributed by atoms with van der Waals surface area (Å²) in [4.78, 5) is 42.8. The molecular weight excluding hydrogens is 675 g/mol. The maximum Gasteiger partial charge on any atom is 0.469 e. The minimum absolute atomic E-state index is 0.185. The quantitative estimate of drug-likeness (QED) is 0.0277. The van der Waals surface area contributed by atoms with Gasteiger partial charge in [-0.05, 0) is 77.0 Å². The van der Waals surface area contributed by atoms with E-state index in [1.165, 1.54) is 89.9 Å². The van der Waals surface area contributed by atoms with Crippen LogP contribution in [0.4, 0.5) is 0 Å². The molecule has 0 rings (SSSR count). The van der Waals surface area contributed by atoms with Gasteiger partial charge >= 0.3 is 19.8 Å². The van der Waals surface area contributed by atoms with Crippen LogP contribution in [0.15, 0.2) is 48.6 Å². The zero-order chi connectivity index (χ0) is 38.2. The Morgan fingerprint density at radius 3 is 1.35 bits per heavy atom. The Morgan fingerprint density at radius 2 is 0.865 bits per heavy atom. The van der Waals surface area contributed by atoms with Gasteiger partial charge in [0, 0.05) is 12.8 Å². The molecule has 0 saturated carbocycles. The maximum absolute atomic E-state index is 12.4. The van der Waals surface area contributed by atoms with Crippen LogP contribution in [0.3, 0.4) is 0 Å². The second-order valence-corrected chi connectivity index (χ2v) is 15.2. The standard InChI is InChI=1S/C43H77O8P/c1-3-5-7-9-11-13-15-17-19-21-23-25-27-29-31-33-35-37-42(44)49-39-41(40-50-52(46,47)48)51-43(45)38-36-34-32-30-28-26-24-22-20-18-16-14-12-10-8-6-4-2/h12,14,17-20,24,26,41H,3-11,13,15-16,21-23,25,27-40H2,1-2H3,(H2,46,47,48)/b14-12-,19-17-,20-18-,26-24-/t41-/m1/s1. The number of phosphoric acid groups is 1. The topological polar surface area (TPSA) is 119 Å². The Balaban J connectivity index is 3.97. The SMILES string of the molecule is CCCCC/C=C\C/C=C\C/C=C\CCCCCCC(=O)O[C@H](COC(=O)CCCCCCCCC/C=C\CCCCCCCC)COP(=O)(O)O. The predicted octanol–water partition coefficient (Wildman–Crippen LogP) is 12.7. The van der Waals surface area contributed by atoms with Gasteiger partial charge in [-0.2, -0.15) is 0 Å². The van der Waals surface area contributed by atoms with Crippen molar-refractivity contribution >= 4 is 19.8 Å². The van der Waals surface area contributed by atoms with Crippen molar-refractivity contribution in [3.05, 3.63) is 48.6 Å². The van der Waals surface area contributed by atoms with E-state index in [0.29, 0.717) is 12.8 Å². The summed E-state index contributed by atoms with van der Waals surface area (Å²) in [5.74, 6) is -0.914. The number of hydrogen-bond donors (Lipinski definition) is 2. The van der Waals surface area contributed by atoms with E-state index in [0.717, 1.165) is 64.2 Å². The molecule has 0 aliphatic rings. The highest BCUT2D eigenvalue weighted by Crippen LogP contribution is 2.36. The van der Waals surface area contributed by atoms with Gasteiger partial charge in [-0.3, -0.25) is 14.1 Å². The highest BCUT2D eigenvalue weighted by molar-refractivity contribution is 7.46. The average molecular weight is 753 g/mol. The lowest BCUT2D eigenvalue weighted by Gasteiger charge is -2.18. The van der Waals surface area contributed by atoms with Crippen LogP contribution in [-0.2, 0) is 28.2 Å². The fraction of sp³-hybridized carbons (Fsp3) is 0.767. The molecule has 0 amide bonds. The van der Waals surface area contributed by atoms with Crippen LogP contribution in [0.1, 0.15) is 194 Å². The van der Waals surface area contributed by atoms with Gasteiger partial charge < -0.3 is 19.3 Å². The number of carbonyl (C=O) groups is 2. The monoisotopic (exact) mass is 753 g/mol. The molecule has 0 radical (unpaired) electrons. The van der Waals surface area contributed by atoms with Gasteiger partial charge in [0.2, 0.25) is 0 Å². The predicted molar refractivity (Wildman–Crippen MR) is 216 cm³/mol. The number of rotatable bonds is 38. The fourth-order valence-corrected chi connectivity index (χ4v) is 6.03. The lowest BCUT2D eigenvalue weighted by atomic mass is 10.1. The van der Waals surface area contributed by atoms with Crippen molar-refractivity contribution in [2.75, 3.05) is 13.2 Å². The molecular formula is C43H77O8P. The van der Waals surface area contributed by atoms with E-state index in [1.807, 2.05) is 0 Å². The molecule has 0 saturated heterocycles. The smallest absolute Gasteiger partial charge is 0.462 e. The summed E-state index contributed by atoms with van der Waals surface area (Å²) in [6, 6.07) is 0. The van der Waals surface area contributed by atoms with Gasteiger partial charge in [-0.1, -0.05) is 152 Å². The highest BCUT2D eigenvalue weighted by Gasteiger charge is 2.22. The average Bonchev–Trinajstić information content (AvgIpc) is 3.11. The molecule has 0 heterocycles. The van der Waals surface area contributed by atoms with Crippen molar-refractivity contribution in [2.24, 2.45) is 0 Å². The summed E-state index contributed by atoms with van der Waals surface area (Å²) >= 11 is 0. The van der Waals surface area contributed by atoms with Crippen molar-refractivity contribution in [1.82, 2.24) is 0 Å². The van der Waals surface area contributed by atoms with Crippen LogP contribution in [0, 0.1) is 0 Å². The van der Waals surface area contributed by atoms with E-state index in [9.17, 15) is 14.2 Å². The third-order valence-corrected chi connectivity index (χ3v) is 9.31. The molecule has 52 heavy (non-hydrogen) atoms. The fourth-order valence-electron chi connectivity index (χ4n) is 5.67. The Labute approximate surface area is 318 Å². The van der Waals surface area contributed by atoms with Crippen molar-refractivity contribution in [3.8, 4) is 0 Å². The number of phosphoric ester groups is 1. The molecule has 302 valence electrons. The van der Waals surface area contributed by atoms with E-state index < -0.39 is 32.5 Å². The zero-order valence-electron chi connectivity index (χ0n) is 33.2. The van der Waals surface area contributed by atoms with Gasteiger partial charge in [0.1, 0.15) is 6.61 Å². The summed E-state index contributed by atoms with van der Waals surface area (Å²) in [6.45, 7) is 3.63. The van der Waals surface area contributed by atoms with Gasteiger partial charge in [0.15, 0.2) is 6.10 Å². The second kappa shape index (κ2) is 38.7. The molecule has 0 aromatic rings. The number of esters is 2. The van der Waals surface area contributed by atoms with E-state index in [4.69, 9.17) is 19.3 Å². The lowest BCUT2D eigenvalue weighted by Crippen LogP contribution is -2.29. The summed E-state index contributed by atoms with van der Waals surface area (Å²) in [5.41, 5.74) is 0. The van der Waals surface area contributed by atoms with Crippen molar-refractivity contribution in [2.45, 2.75) is 200 Å². The third kappa shape index (κ3) is 40.8. The van der Waals surface area contributed by atoms with Crippen LogP contribution < -0.4 is 0 Å². The van der Waals surface area contributed by atoms with Gasteiger partial charge in [-0.15, -0.1) is 0 Å². The van der Waals surface area contributed by atoms with E-state index in [1.54, 1.807) is 0 Å². The Bertz CT molecular complexity index is 984. The summed E-state index contributed by atoms with van der Waals surface area (Å²) in [6.07, 6.45) is 46.8.